The molecule has 0 spiro atoms. The van der Waals surface area contributed by atoms with Crippen LogP contribution in [0.5, 0.6) is 0 Å². The van der Waals surface area contributed by atoms with Crippen molar-refractivity contribution in [3.05, 3.63) is 65.5 Å². The minimum Gasteiger partial charge on any atom is -0.481 e. The topological polar surface area (TPSA) is 53.4 Å². The molecule has 0 aliphatic carbocycles. The van der Waals surface area contributed by atoms with Gasteiger partial charge in [-0.25, -0.2) is 0 Å². The number of likely N-dealkylation sites (tertiary alicyclic amines) is 1. The molecule has 1 aromatic heterocycles. The van der Waals surface area contributed by atoms with E-state index in [9.17, 15) is 4.79 Å². The molecule has 4 heteroatoms. The molecular formula is C18H16N2O2. The van der Waals surface area contributed by atoms with E-state index in [2.05, 4.69) is 21.7 Å². The SMILES string of the molecule is O=C(O)C1CN(Cc2ccc(C#Cc3cccnc3)cc2)C1. The second-order valence-corrected chi connectivity index (χ2v) is 5.42. The van der Waals surface area contributed by atoms with E-state index in [-0.39, 0.29) is 5.92 Å². The second-order valence-electron chi connectivity index (χ2n) is 5.42. The second kappa shape index (κ2) is 6.42. The van der Waals surface area contributed by atoms with Gasteiger partial charge >= 0.3 is 5.97 Å². The largest absolute Gasteiger partial charge is 0.481 e. The molecule has 1 saturated heterocycles. The molecule has 2 heterocycles. The monoisotopic (exact) mass is 292 g/mol. The zero-order chi connectivity index (χ0) is 15.4. The van der Waals surface area contributed by atoms with E-state index in [1.54, 1.807) is 12.4 Å². The maximum Gasteiger partial charge on any atom is 0.309 e. The highest BCUT2D eigenvalue weighted by Crippen LogP contribution is 2.18. The number of rotatable bonds is 3. The highest BCUT2D eigenvalue weighted by molar-refractivity contribution is 5.71. The first-order valence-corrected chi connectivity index (χ1v) is 7.17. The Labute approximate surface area is 129 Å². The van der Waals surface area contributed by atoms with Gasteiger partial charge in [0, 0.05) is 43.2 Å². The van der Waals surface area contributed by atoms with Crippen LogP contribution in [0.25, 0.3) is 0 Å². The third kappa shape index (κ3) is 3.51. The highest BCUT2D eigenvalue weighted by atomic mass is 16.4. The fourth-order valence-corrected chi connectivity index (χ4v) is 2.39. The van der Waals surface area contributed by atoms with Gasteiger partial charge in [-0.15, -0.1) is 0 Å². The van der Waals surface area contributed by atoms with Gasteiger partial charge < -0.3 is 5.11 Å². The summed E-state index contributed by atoms with van der Waals surface area (Å²) >= 11 is 0. The van der Waals surface area contributed by atoms with Crippen LogP contribution in [0.15, 0.2) is 48.8 Å². The summed E-state index contributed by atoms with van der Waals surface area (Å²) in [6, 6.07) is 11.9. The average Bonchev–Trinajstić information content (AvgIpc) is 2.50. The van der Waals surface area contributed by atoms with Crippen LogP contribution in [0, 0.1) is 17.8 Å². The summed E-state index contributed by atoms with van der Waals surface area (Å²) in [5, 5.41) is 8.86. The fourth-order valence-electron chi connectivity index (χ4n) is 2.39. The van der Waals surface area contributed by atoms with E-state index in [4.69, 9.17) is 5.11 Å². The van der Waals surface area contributed by atoms with E-state index in [0.29, 0.717) is 13.1 Å². The molecule has 0 bridgehead atoms. The predicted molar refractivity (Wildman–Crippen MR) is 83.1 cm³/mol. The number of carboxylic acid groups (broad SMARTS) is 1. The molecule has 1 fully saturated rings. The summed E-state index contributed by atoms with van der Waals surface area (Å²) in [5.74, 6) is 5.28. The van der Waals surface area contributed by atoms with Gasteiger partial charge in [0.1, 0.15) is 0 Å². The van der Waals surface area contributed by atoms with Crippen molar-refractivity contribution in [1.82, 2.24) is 9.88 Å². The zero-order valence-corrected chi connectivity index (χ0v) is 12.1. The van der Waals surface area contributed by atoms with Crippen LogP contribution >= 0.6 is 0 Å². The Balaban J connectivity index is 1.57. The maximum atomic E-state index is 10.8. The summed E-state index contributed by atoms with van der Waals surface area (Å²) in [6.07, 6.45) is 3.47. The molecule has 0 atom stereocenters. The first-order valence-electron chi connectivity index (χ1n) is 7.17. The number of carboxylic acids is 1. The van der Waals surface area contributed by atoms with Crippen LogP contribution in [-0.2, 0) is 11.3 Å². The Morgan fingerprint density at radius 1 is 1.18 bits per heavy atom. The van der Waals surface area contributed by atoms with Gasteiger partial charge in [0.05, 0.1) is 5.92 Å². The van der Waals surface area contributed by atoms with Crippen LogP contribution in [0.1, 0.15) is 16.7 Å². The van der Waals surface area contributed by atoms with E-state index >= 15 is 0 Å². The number of carbonyl (C=O) groups is 1. The van der Waals surface area contributed by atoms with Crippen molar-refractivity contribution in [3.63, 3.8) is 0 Å². The predicted octanol–water partition coefficient (Wildman–Crippen LogP) is 2.00. The van der Waals surface area contributed by atoms with Crippen molar-refractivity contribution in [2.75, 3.05) is 13.1 Å². The fraction of sp³-hybridized carbons (Fsp3) is 0.222. The molecule has 0 saturated carbocycles. The van der Waals surface area contributed by atoms with Crippen molar-refractivity contribution in [3.8, 4) is 11.8 Å². The number of pyridine rings is 1. The summed E-state index contributed by atoms with van der Waals surface area (Å²) in [4.78, 5) is 16.9. The maximum absolute atomic E-state index is 10.8. The molecule has 1 aliphatic heterocycles. The van der Waals surface area contributed by atoms with Crippen LogP contribution < -0.4 is 0 Å². The molecule has 0 radical (unpaired) electrons. The first kappa shape index (κ1) is 14.3. The van der Waals surface area contributed by atoms with Crippen molar-refractivity contribution in [1.29, 1.82) is 0 Å². The number of hydrogen-bond acceptors (Lipinski definition) is 3. The van der Waals surface area contributed by atoms with E-state index in [1.807, 2.05) is 36.4 Å². The van der Waals surface area contributed by atoms with Gasteiger partial charge in [0.2, 0.25) is 0 Å². The molecule has 22 heavy (non-hydrogen) atoms. The Bertz CT molecular complexity index is 708. The lowest BCUT2D eigenvalue weighted by atomic mass is 9.99. The summed E-state index contributed by atoms with van der Waals surface area (Å²) in [7, 11) is 0. The number of hydrogen-bond donors (Lipinski definition) is 1. The minimum atomic E-state index is -0.697. The van der Waals surface area contributed by atoms with Crippen LogP contribution in [0.3, 0.4) is 0 Å². The van der Waals surface area contributed by atoms with Gasteiger partial charge in [0.15, 0.2) is 0 Å². The molecule has 3 rings (SSSR count). The molecule has 4 nitrogen and oxygen atoms in total. The molecule has 0 amide bonds. The lowest BCUT2D eigenvalue weighted by molar-refractivity contribution is -0.147. The van der Waals surface area contributed by atoms with Gasteiger partial charge in [-0.3, -0.25) is 14.7 Å². The lowest BCUT2D eigenvalue weighted by Gasteiger charge is -2.36. The van der Waals surface area contributed by atoms with E-state index in [0.717, 1.165) is 17.7 Å². The van der Waals surface area contributed by atoms with Crippen molar-refractivity contribution >= 4 is 5.97 Å². The molecule has 110 valence electrons. The summed E-state index contributed by atoms with van der Waals surface area (Å²) in [5.41, 5.74) is 3.03. The molecular weight excluding hydrogens is 276 g/mol. The highest BCUT2D eigenvalue weighted by Gasteiger charge is 2.31. The van der Waals surface area contributed by atoms with Crippen molar-refractivity contribution in [2.24, 2.45) is 5.92 Å². The Hall–Kier alpha value is -2.64. The average molecular weight is 292 g/mol. The summed E-state index contributed by atoms with van der Waals surface area (Å²) in [6.45, 7) is 2.07. The van der Waals surface area contributed by atoms with Gasteiger partial charge in [-0.2, -0.15) is 0 Å². The molecule has 1 aliphatic rings. The standard InChI is InChI=1S/C18H16N2O2/c21-18(22)17-12-20(13-17)11-16-7-4-14(5-8-16)3-6-15-2-1-9-19-10-15/h1-2,4-5,7-10,17H,11-13H2,(H,21,22). The van der Waals surface area contributed by atoms with Gasteiger partial charge in [-0.05, 0) is 29.8 Å². The van der Waals surface area contributed by atoms with E-state index < -0.39 is 5.97 Å². The van der Waals surface area contributed by atoms with Crippen LogP contribution in [0.2, 0.25) is 0 Å². The summed E-state index contributed by atoms with van der Waals surface area (Å²) < 4.78 is 0. The Morgan fingerprint density at radius 2 is 1.91 bits per heavy atom. The van der Waals surface area contributed by atoms with Gasteiger partial charge in [-0.1, -0.05) is 24.0 Å². The number of nitrogens with zero attached hydrogens (tertiary/aromatic N) is 2. The first-order chi connectivity index (χ1) is 10.7. The number of aromatic nitrogens is 1. The minimum absolute atomic E-state index is 0.204. The van der Waals surface area contributed by atoms with Gasteiger partial charge in [0.25, 0.3) is 0 Å². The molecule has 2 aromatic rings. The zero-order valence-electron chi connectivity index (χ0n) is 12.1. The lowest BCUT2D eigenvalue weighted by Crippen LogP contribution is -2.49. The number of benzene rings is 1. The van der Waals surface area contributed by atoms with E-state index in [1.165, 1.54) is 5.56 Å². The molecule has 0 unspecified atom stereocenters. The Morgan fingerprint density at radius 3 is 2.55 bits per heavy atom. The Kier molecular flexibility index (Phi) is 4.17. The van der Waals surface area contributed by atoms with Crippen LogP contribution in [0.4, 0.5) is 0 Å². The molecule has 1 N–H and O–H groups in total. The third-order valence-electron chi connectivity index (χ3n) is 3.68. The van der Waals surface area contributed by atoms with Crippen molar-refractivity contribution < 1.29 is 9.90 Å². The quantitative estimate of drug-likeness (QED) is 0.879. The van der Waals surface area contributed by atoms with Crippen molar-refractivity contribution in [2.45, 2.75) is 6.54 Å². The normalized spacial score (nSPS) is 14.7. The number of aliphatic carboxylic acids is 1. The van der Waals surface area contributed by atoms with Crippen LogP contribution in [-0.4, -0.2) is 34.0 Å². The smallest absolute Gasteiger partial charge is 0.309 e. The third-order valence-corrected chi connectivity index (χ3v) is 3.68. The molecule has 1 aromatic carbocycles.